The van der Waals surface area contributed by atoms with Gasteiger partial charge in [-0.3, -0.25) is 0 Å². The number of nitrogens with one attached hydrogen (secondary N) is 1. The van der Waals surface area contributed by atoms with Crippen molar-refractivity contribution in [3.8, 4) is 0 Å². The number of nitrogens with zero attached hydrogens (tertiary/aromatic N) is 3. The first-order chi connectivity index (χ1) is 13.4. The van der Waals surface area contributed by atoms with Gasteiger partial charge in [0.2, 0.25) is 5.95 Å². The van der Waals surface area contributed by atoms with Crippen LogP contribution in [-0.4, -0.2) is 59.1 Å². The molecule has 1 aromatic rings. The summed E-state index contributed by atoms with van der Waals surface area (Å²) in [6.45, 7) is 15.0. The van der Waals surface area contributed by atoms with Crippen LogP contribution in [-0.2, 0) is 14.0 Å². The number of amides is 1. The van der Waals surface area contributed by atoms with Crippen LogP contribution in [0.25, 0.3) is 0 Å². The van der Waals surface area contributed by atoms with Crippen LogP contribution in [0.5, 0.6) is 0 Å². The fourth-order valence-corrected chi connectivity index (χ4v) is 3.41. The van der Waals surface area contributed by atoms with E-state index in [4.69, 9.17) is 14.0 Å². The van der Waals surface area contributed by atoms with Gasteiger partial charge in [0.25, 0.3) is 0 Å². The highest BCUT2D eigenvalue weighted by Crippen LogP contribution is 2.36. The molecule has 2 saturated heterocycles. The van der Waals surface area contributed by atoms with Gasteiger partial charge in [0, 0.05) is 37.0 Å². The number of ether oxygens (including phenoxy) is 1. The molecule has 3 rings (SSSR count). The number of hydrogen-bond donors (Lipinski definition) is 1. The Labute approximate surface area is 173 Å². The molecule has 1 N–H and O–H groups in total. The van der Waals surface area contributed by atoms with Crippen LogP contribution < -0.4 is 15.7 Å². The Morgan fingerprint density at radius 1 is 1.24 bits per heavy atom. The van der Waals surface area contributed by atoms with Crippen molar-refractivity contribution in [2.24, 2.45) is 0 Å². The summed E-state index contributed by atoms with van der Waals surface area (Å²) >= 11 is 0. The van der Waals surface area contributed by atoms with Crippen LogP contribution in [0.4, 0.5) is 10.7 Å². The van der Waals surface area contributed by atoms with Crippen molar-refractivity contribution in [1.29, 1.82) is 0 Å². The summed E-state index contributed by atoms with van der Waals surface area (Å²) < 4.78 is 17.4. The van der Waals surface area contributed by atoms with Gasteiger partial charge in [-0.25, -0.2) is 14.8 Å². The Morgan fingerprint density at radius 3 is 2.38 bits per heavy atom. The van der Waals surface area contributed by atoms with Crippen LogP contribution in [0.1, 0.15) is 61.3 Å². The molecule has 0 bridgehead atoms. The molecular formula is C20H33BN4O4. The zero-order valence-electron chi connectivity index (χ0n) is 18.6. The van der Waals surface area contributed by atoms with Crippen LogP contribution >= 0.6 is 0 Å². The lowest BCUT2D eigenvalue weighted by molar-refractivity contribution is 0.00578. The highest BCUT2D eigenvalue weighted by molar-refractivity contribution is 6.61. The molecule has 1 atom stereocenters. The maximum atomic E-state index is 11.9. The first kappa shape index (κ1) is 21.8. The van der Waals surface area contributed by atoms with Crippen LogP contribution in [0, 0.1) is 0 Å². The molecule has 1 aromatic heterocycles. The summed E-state index contributed by atoms with van der Waals surface area (Å²) in [5.41, 5.74) is -0.505. The summed E-state index contributed by atoms with van der Waals surface area (Å²) in [6, 6.07) is 0.144. The molecule has 0 aliphatic carbocycles. The molecule has 0 spiro atoms. The van der Waals surface area contributed by atoms with Gasteiger partial charge in [-0.2, -0.15) is 0 Å². The van der Waals surface area contributed by atoms with Crippen LogP contribution in [0.15, 0.2) is 12.4 Å². The molecular weight excluding hydrogens is 371 g/mol. The fourth-order valence-electron chi connectivity index (χ4n) is 3.41. The van der Waals surface area contributed by atoms with E-state index in [1.165, 1.54) is 0 Å². The lowest BCUT2D eigenvalue weighted by Crippen LogP contribution is -2.43. The van der Waals surface area contributed by atoms with E-state index in [2.05, 4.69) is 20.2 Å². The predicted molar refractivity (Wildman–Crippen MR) is 112 cm³/mol. The fraction of sp³-hybridized carbons (Fsp3) is 0.750. The molecule has 2 fully saturated rings. The minimum Gasteiger partial charge on any atom is -0.444 e. The number of carbonyl (C=O) groups is 1. The standard InChI is InChI=1S/C20H33BN4O4/c1-18(2,3)27-17(26)24-13-15-9-8-10-25(15)16-22-11-14(12-23-16)21-28-19(4,5)20(6,7)29-21/h11-12,15H,8-10,13H2,1-7H3,(H,24,26)/t15-/m1/s1. The Bertz CT molecular complexity index is 717. The number of hydrogen-bond acceptors (Lipinski definition) is 7. The number of alkyl carbamates (subject to hydrolysis) is 1. The van der Waals surface area contributed by atoms with Gasteiger partial charge in [0.1, 0.15) is 5.60 Å². The molecule has 160 valence electrons. The van der Waals surface area contributed by atoms with E-state index in [0.29, 0.717) is 12.5 Å². The van der Waals surface area contributed by atoms with Gasteiger partial charge in [-0.05, 0) is 61.3 Å². The normalized spacial score (nSPS) is 23.3. The van der Waals surface area contributed by atoms with Crippen molar-refractivity contribution in [1.82, 2.24) is 15.3 Å². The Kier molecular flexibility index (Phi) is 5.84. The zero-order valence-corrected chi connectivity index (χ0v) is 18.6. The summed E-state index contributed by atoms with van der Waals surface area (Å²) in [4.78, 5) is 23.2. The average molecular weight is 404 g/mol. The topological polar surface area (TPSA) is 85.8 Å². The van der Waals surface area contributed by atoms with E-state index in [1.54, 1.807) is 12.4 Å². The lowest BCUT2D eigenvalue weighted by Gasteiger charge is -2.32. The van der Waals surface area contributed by atoms with E-state index in [0.717, 1.165) is 24.8 Å². The minimum absolute atomic E-state index is 0.144. The summed E-state index contributed by atoms with van der Waals surface area (Å²) in [5.74, 6) is 0.652. The molecule has 2 aliphatic heterocycles. The first-order valence-electron chi connectivity index (χ1n) is 10.3. The molecule has 0 saturated carbocycles. The first-order valence-corrected chi connectivity index (χ1v) is 10.3. The Morgan fingerprint density at radius 2 is 1.83 bits per heavy atom. The Balaban J connectivity index is 1.61. The van der Waals surface area contributed by atoms with Crippen molar-refractivity contribution in [3.05, 3.63) is 12.4 Å². The van der Waals surface area contributed by atoms with Crippen molar-refractivity contribution in [2.75, 3.05) is 18.0 Å². The molecule has 2 aliphatic rings. The van der Waals surface area contributed by atoms with Gasteiger partial charge in [0.15, 0.2) is 0 Å². The number of aromatic nitrogens is 2. The van der Waals surface area contributed by atoms with Gasteiger partial charge in [0.05, 0.1) is 11.2 Å². The third-order valence-corrected chi connectivity index (χ3v) is 5.70. The molecule has 9 heteroatoms. The molecule has 29 heavy (non-hydrogen) atoms. The lowest BCUT2D eigenvalue weighted by atomic mass is 9.81. The third-order valence-electron chi connectivity index (χ3n) is 5.70. The van der Waals surface area contributed by atoms with E-state index >= 15 is 0 Å². The largest absolute Gasteiger partial charge is 0.498 e. The van der Waals surface area contributed by atoms with Crippen molar-refractivity contribution < 1.29 is 18.8 Å². The van der Waals surface area contributed by atoms with E-state index < -0.39 is 30.0 Å². The molecule has 1 amide bonds. The van der Waals surface area contributed by atoms with E-state index in [9.17, 15) is 4.79 Å². The van der Waals surface area contributed by atoms with Crippen molar-refractivity contribution in [3.63, 3.8) is 0 Å². The molecule has 0 aromatic carbocycles. The van der Waals surface area contributed by atoms with Crippen LogP contribution in [0.3, 0.4) is 0 Å². The highest BCUT2D eigenvalue weighted by atomic mass is 16.7. The molecule has 0 radical (unpaired) electrons. The van der Waals surface area contributed by atoms with Crippen molar-refractivity contribution in [2.45, 2.75) is 84.2 Å². The van der Waals surface area contributed by atoms with E-state index in [1.807, 2.05) is 48.5 Å². The number of anilines is 1. The zero-order chi connectivity index (χ0) is 21.4. The minimum atomic E-state index is -0.508. The second kappa shape index (κ2) is 7.76. The monoisotopic (exact) mass is 404 g/mol. The summed E-state index contributed by atoms with van der Waals surface area (Å²) in [7, 11) is -0.475. The third kappa shape index (κ3) is 5.01. The second-order valence-corrected chi connectivity index (χ2v) is 9.78. The van der Waals surface area contributed by atoms with Crippen molar-refractivity contribution >= 4 is 24.6 Å². The van der Waals surface area contributed by atoms with Gasteiger partial charge in [-0.15, -0.1) is 0 Å². The quantitative estimate of drug-likeness (QED) is 0.771. The van der Waals surface area contributed by atoms with Gasteiger partial charge in [-0.1, -0.05) is 0 Å². The smallest absolute Gasteiger partial charge is 0.444 e. The van der Waals surface area contributed by atoms with Gasteiger partial charge < -0.3 is 24.3 Å². The summed E-state index contributed by atoms with van der Waals surface area (Å²) in [6.07, 6.45) is 5.13. The summed E-state index contributed by atoms with van der Waals surface area (Å²) in [5, 5.41) is 2.86. The number of rotatable bonds is 4. The average Bonchev–Trinajstić information content (AvgIpc) is 3.14. The van der Waals surface area contributed by atoms with Gasteiger partial charge >= 0.3 is 13.2 Å². The number of carbonyl (C=O) groups excluding carboxylic acids is 1. The van der Waals surface area contributed by atoms with E-state index in [-0.39, 0.29) is 6.04 Å². The maximum absolute atomic E-state index is 11.9. The Hall–Kier alpha value is -1.87. The highest BCUT2D eigenvalue weighted by Gasteiger charge is 2.52. The SMILES string of the molecule is CC(C)(C)OC(=O)NC[C@H]1CCCN1c1ncc(B2OC(C)(C)C(C)(C)O2)cn1. The van der Waals surface area contributed by atoms with Crippen LogP contribution in [0.2, 0.25) is 0 Å². The molecule has 3 heterocycles. The maximum Gasteiger partial charge on any atom is 0.498 e. The predicted octanol–water partition coefficient (Wildman–Crippen LogP) is 2.27. The molecule has 8 nitrogen and oxygen atoms in total. The second-order valence-electron chi connectivity index (χ2n) is 9.78. The molecule has 0 unspecified atom stereocenters.